The number of nitrogens with zero attached hydrogens (tertiary/aromatic N) is 1. The summed E-state index contributed by atoms with van der Waals surface area (Å²) in [6, 6.07) is 7.55. The average molecular weight is 285 g/mol. The minimum Gasteiger partial charge on any atom is -0.478 e. The van der Waals surface area contributed by atoms with E-state index in [1.807, 2.05) is 0 Å². The van der Waals surface area contributed by atoms with Crippen LogP contribution in [0.1, 0.15) is 10.4 Å². The van der Waals surface area contributed by atoms with Gasteiger partial charge in [-0.3, -0.25) is 14.9 Å². The van der Waals surface area contributed by atoms with E-state index in [1.54, 1.807) is 0 Å². The van der Waals surface area contributed by atoms with Crippen molar-refractivity contribution in [3.8, 4) is 0 Å². The molecule has 7 nitrogen and oxygen atoms in total. The summed E-state index contributed by atoms with van der Waals surface area (Å²) >= 11 is 0. The summed E-state index contributed by atoms with van der Waals surface area (Å²) in [7, 11) is 0. The van der Waals surface area contributed by atoms with Crippen molar-refractivity contribution in [2.45, 2.75) is 0 Å². The van der Waals surface area contributed by atoms with Crippen LogP contribution in [0, 0.1) is 10.1 Å². The molecule has 0 saturated carbocycles. The van der Waals surface area contributed by atoms with Gasteiger partial charge in [0.1, 0.15) is 11.2 Å². The first-order chi connectivity index (χ1) is 9.97. The second kappa shape index (κ2) is 4.41. The normalized spacial score (nSPS) is 10.9. The van der Waals surface area contributed by atoms with E-state index in [0.717, 1.165) is 6.07 Å². The number of hydrogen-bond acceptors (Lipinski definition) is 5. The third-order valence-corrected chi connectivity index (χ3v) is 3.11. The van der Waals surface area contributed by atoms with Crippen molar-refractivity contribution in [3.05, 3.63) is 62.3 Å². The quantitative estimate of drug-likeness (QED) is 0.440. The van der Waals surface area contributed by atoms with Gasteiger partial charge in [0.2, 0.25) is 5.43 Å². The van der Waals surface area contributed by atoms with Gasteiger partial charge >= 0.3 is 5.97 Å². The van der Waals surface area contributed by atoms with Crippen molar-refractivity contribution in [1.82, 2.24) is 0 Å². The molecule has 0 radical (unpaired) electrons. The van der Waals surface area contributed by atoms with Crippen LogP contribution in [0.3, 0.4) is 0 Å². The van der Waals surface area contributed by atoms with Crippen molar-refractivity contribution >= 4 is 33.6 Å². The van der Waals surface area contributed by atoms with Crippen LogP contribution in [0.25, 0.3) is 21.9 Å². The molecule has 0 unspecified atom stereocenters. The number of aromatic carboxylic acids is 1. The Hall–Kier alpha value is -3.22. The molecule has 0 atom stereocenters. The number of benzene rings is 2. The van der Waals surface area contributed by atoms with Crippen molar-refractivity contribution in [1.29, 1.82) is 0 Å². The van der Waals surface area contributed by atoms with Crippen molar-refractivity contribution < 1.29 is 19.2 Å². The molecule has 0 aliphatic carbocycles. The van der Waals surface area contributed by atoms with Gasteiger partial charge in [-0.15, -0.1) is 0 Å². The van der Waals surface area contributed by atoms with Gasteiger partial charge in [-0.25, -0.2) is 4.79 Å². The summed E-state index contributed by atoms with van der Waals surface area (Å²) in [6.45, 7) is 0. The van der Waals surface area contributed by atoms with Gasteiger partial charge in [-0.1, -0.05) is 0 Å². The lowest BCUT2D eigenvalue weighted by Crippen LogP contribution is -2.04. The van der Waals surface area contributed by atoms with Gasteiger partial charge in [0.15, 0.2) is 0 Å². The summed E-state index contributed by atoms with van der Waals surface area (Å²) in [6.07, 6.45) is 0. The molecule has 0 saturated heterocycles. The van der Waals surface area contributed by atoms with Gasteiger partial charge in [-0.05, 0) is 24.3 Å². The number of non-ortho nitro benzene ring substituents is 1. The molecule has 0 aliphatic heterocycles. The number of carboxylic acid groups (broad SMARTS) is 1. The van der Waals surface area contributed by atoms with Crippen LogP contribution in [-0.2, 0) is 0 Å². The minimum atomic E-state index is -1.14. The smallest absolute Gasteiger partial charge is 0.335 e. The molecule has 0 amide bonds. The summed E-state index contributed by atoms with van der Waals surface area (Å²) in [5, 5.41) is 19.9. The monoisotopic (exact) mass is 285 g/mol. The Morgan fingerprint density at radius 3 is 2.52 bits per heavy atom. The van der Waals surface area contributed by atoms with Crippen molar-refractivity contribution in [2.75, 3.05) is 0 Å². The van der Waals surface area contributed by atoms with Crippen LogP contribution < -0.4 is 5.43 Å². The molecular formula is C14H7NO6. The Morgan fingerprint density at radius 1 is 1.10 bits per heavy atom. The van der Waals surface area contributed by atoms with Crippen LogP contribution in [0.5, 0.6) is 0 Å². The number of rotatable bonds is 2. The molecule has 0 aliphatic rings. The van der Waals surface area contributed by atoms with E-state index in [0.29, 0.717) is 0 Å². The topological polar surface area (TPSA) is 111 Å². The van der Waals surface area contributed by atoms with E-state index in [4.69, 9.17) is 9.52 Å². The number of nitro groups is 1. The van der Waals surface area contributed by atoms with Crippen LogP contribution in [0.2, 0.25) is 0 Å². The fourth-order valence-electron chi connectivity index (χ4n) is 2.09. The standard InChI is InChI=1S/C14H7NO6/c16-13-9-3-1-7(14(17)18)5-12(9)21-11-4-2-8(15(19)20)6-10(11)13/h1-6H,(H,17,18). The van der Waals surface area contributed by atoms with E-state index in [2.05, 4.69) is 0 Å². The lowest BCUT2D eigenvalue weighted by atomic mass is 10.1. The highest BCUT2D eigenvalue weighted by Gasteiger charge is 2.14. The summed E-state index contributed by atoms with van der Waals surface area (Å²) in [4.78, 5) is 33.4. The number of carbonyl (C=O) groups is 1. The fraction of sp³-hybridized carbons (Fsp3) is 0. The zero-order valence-corrected chi connectivity index (χ0v) is 10.4. The molecule has 21 heavy (non-hydrogen) atoms. The van der Waals surface area contributed by atoms with E-state index in [1.165, 1.54) is 30.3 Å². The second-order valence-corrected chi connectivity index (χ2v) is 4.38. The Bertz CT molecular complexity index is 972. The van der Waals surface area contributed by atoms with Gasteiger partial charge in [0, 0.05) is 12.1 Å². The van der Waals surface area contributed by atoms with E-state index in [-0.39, 0.29) is 33.2 Å². The SMILES string of the molecule is O=C(O)c1ccc2c(=O)c3cc([N+](=O)[O-])ccc3oc2c1. The third kappa shape index (κ3) is 2.00. The van der Waals surface area contributed by atoms with Crippen LogP contribution in [-0.4, -0.2) is 16.0 Å². The molecule has 1 heterocycles. The predicted octanol–water partition coefficient (Wildman–Crippen LogP) is 2.55. The Kier molecular flexibility index (Phi) is 2.69. The largest absolute Gasteiger partial charge is 0.478 e. The Morgan fingerprint density at radius 2 is 1.86 bits per heavy atom. The third-order valence-electron chi connectivity index (χ3n) is 3.11. The first-order valence-corrected chi connectivity index (χ1v) is 5.85. The highest BCUT2D eigenvalue weighted by Crippen LogP contribution is 2.23. The summed E-state index contributed by atoms with van der Waals surface area (Å²) in [5.41, 5.74) is -0.364. The zero-order chi connectivity index (χ0) is 15.1. The molecule has 3 rings (SSSR count). The highest BCUT2D eigenvalue weighted by atomic mass is 16.6. The Labute approximate surface area is 116 Å². The van der Waals surface area contributed by atoms with Crippen LogP contribution in [0.4, 0.5) is 5.69 Å². The second-order valence-electron chi connectivity index (χ2n) is 4.38. The van der Waals surface area contributed by atoms with Crippen LogP contribution in [0.15, 0.2) is 45.6 Å². The number of hydrogen-bond donors (Lipinski definition) is 1. The van der Waals surface area contributed by atoms with Gasteiger partial charge in [0.25, 0.3) is 5.69 Å². The Balaban J connectivity index is 2.40. The van der Waals surface area contributed by atoms with Gasteiger partial charge in [-0.2, -0.15) is 0 Å². The highest BCUT2D eigenvalue weighted by molar-refractivity contribution is 5.95. The zero-order valence-electron chi connectivity index (χ0n) is 10.4. The maximum absolute atomic E-state index is 12.3. The first-order valence-electron chi connectivity index (χ1n) is 5.85. The minimum absolute atomic E-state index is 0.00749. The average Bonchev–Trinajstić information content (AvgIpc) is 2.46. The molecule has 0 bridgehead atoms. The van der Waals surface area contributed by atoms with E-state index in [9.17, 15) is 19.7 Å². The lowest BCUT2D eigenvalue weighted by molar-refractivity contribution is -0.384. The van der Waals surface area contributed by atoms with Gasteiger partial charge < -0.3 is 9.52 Å². The molecular weight excluding hydrogens is 278 g/mol. The van der Waals surface area contributed by atoms with Crippen molar-refractivity contribution in [2.24, 2.45) is 0 Å². The molecule has 104 valence electrons. The molecule has 0 spiro atoms. The maximum Gasteiger partial charge on any atom is 0.335 e. The van der Waals surface area contributed by atoms with E-state index < -0.39 is 16.3 Å². The number of nitro benzene ring substituents is 1. The molecule has 3 aromatic rings. The number of carboxylic acids is 1. The summed E-state index contributed by atoms with van der Waals surface area (Å²) in [5.74, 6) is -1.14. The van der Waals surface area contributed by atoms with Crippen LogP contribution >= 0.6 is 0 Å². The predicted molar refractivity (Wildman–Crippen MR) is 73.6 cm³/mol. The number of fused-ring (bicyclic) bond motifs is 2. The maximum atomic E-state index is 12.3. The summed E-state index contributed by atoms with van der Waals surface area (Å²) < 4.78 is 5.47. The van der Waals surface area contributed by atoms with Gasteiger partial charge in [0.05, 0.1) is 21.3 Å². The molecule has 1 N–H and O–H groups in total. The lowest BCUT2D eigenvalue weighted by Gasteiger charge is -2.02. The first kappa shape index (κ1) is 12.8. The fourth-order valence-corrected chi connectivity index (χ4v) is 2.09. The molecule has 0 fully saturated rings. The molecule has 1 aromatic heterocycles. The van der Waals surface area contributed by atoms with Crippen molar-refractivity contribution in [3.63, 3.8) is 0 Å². The van der Waals surface area contributed by atoms with E-state index >= 15 is 0 Å². The molecule has 2 aromatic carbocycles. The molecule has 7 heteroatoms.